The average Bonchev–Trinajstić information content (AvgIpc) is 2.58. The van der Waals surface area contributed by atoms with E-state index >= 15 is 0 Å². The maximum Gasteiger partial charge on any atom is 0.276 e. The van der Waals surface area contributed by atoms with Crippen molar-refractivity contribution in [2.75, 3.05) is 13.2 Å². The molecule has 0 saturated carbocycles. The smallest absolute Gasteiger partial charge is 0.276 e. The van der Waals surface area contributed by atoms with Crippen molar-refractivity contribution in [1.82, 2.24) is 10.9 Å². The lowest BCUT2D eigenvalue weighted by atomic mass is 10.1. The summed E-state index contributed by atoms with van der Waals surface area (Å²) < 4.78 is 11.6. The molecule has 0 fully saturated rings. The van der Waals surface area contributed by atoms with Crippen LogP contribution in [-0.4, -0.2) is 25.0 Å². The lowest BCUT2D eigenvalue weighted by Gasteiger charge is -2.11. The number of hydrazine groups is 1. The molecule has 25 heavy (non-hydrogen) atoms. The molecule has 0 spiro atoms. The van der Waals surface area contributed by atoms with Crippen LogP contribution in [0.2, 0.25) is 0 Å². The molecule has 0 bridgehead atoms. The minimum absolute atomic E-state index is 0.197. The van der Waals surface area contributed by atoms with E-state index in [-0.39, 0.29) is 13.2 Å². The van der Waals surface area contributed by atoms with E-state index in [2.05, 4.69) is 26.8 Å². The average molecular weight is 407 g/mol. The van der Waals surface area contributed by atoms with E-state index in [0.717, 1.165) is 15.6 Å². The lowest BCUT2D eigenvalue weighted by molar-refractivity contribution is -0.131. The Hall–Kier alpha value is -2.54. The van der Waals surface area contributed by atoms with Gasteiger partial charge in [-0.2, -0.15) is 0 Å². The van der Waals surface area contributed by atoms with Crippen molar-refractivity contribution in [1.29, 1.82) is 0 Å². The van der Waals surface area contributed by atoms with Crippen molar-refractivity contribution in [3.8, 4) is 11.5 Å². The second-order valence-electron chi connectivity index (χ2n) is 5.40. The number of carbonyl (C=O) groups is 2. The fraction of sp³-hybridized carbons (Fsp3) is 0.222. The molecule has 2 aromatic carbocycles. The van der Waals surface area contributed by atoms with Crippen LogP contribution in [0, 0.1) is 13.8 Å². The van der Waals surface area contributed by atoms with Crippen molar-refractivity contribution < 1.29 is 19.1 Å². The molecule has 7 heteroatoms. The van der Waals surface area contributed by atoms with E-state index in [4.69, 9.17) is 9.47 Å². The van der Waals surface area contributed by atoms with Gasteiger partial charge in [-0.3, -0.25) is 20.4 Å². The Bertz CT molecular complexity index is 747. The van der Waals surface area contributed by atoms with Gasteiger partial charge < -0.3 is 9.47 Å². The summed E-state index contributed by atoms with van der Waals surface area (Å²) in [4.78, 5) is 23.4. The Morgan fingerprint density at radius 2 is 1.52 bits per heavy atom. The second-order valence-corrected chi connectivity index (χ2v) is 6.31. The molecule has 0 heterocycles. The number of halogens is 1. The standard InChI is InChI=1S/C18H19BrN2O4/c1-12-3-8-16(13(2)9-12)25-11-18(23)21-20-17(22)10-24-15-6-4-14(19)5-7-15/h3-9H,10-11H2,1-2H3,(H,20,22)(H,21,23). The first kappa shape index (κ1) is 18.8. The fourth-order valence-electron chi connectivity index (χ4n) is 2.00. The first-order valence-electron chi connectivity index (χ1n) is 7.60. The summed E-state index contributed by atoms with van der Waals surface area (Å²) in [5, 5.41) is 0. The quantitative estimate of drug-likeness (QED) is 0.722. The highest BCUT2D eigenvalue weighted by atomic mass is 79.9. The van der Waals surface area contributed by atoms with Gasteiger partial charge in [0, 0.05) is 4.47 Å². The van der Waals surface area contributed by atoms with E-state index < -0.39 is 11.8 Å². The molecular weight excluding hydrogens is 388 g/mol. The van der Waals surface area contributed by atoms with Crippen molar-refractivity contribution in [2.24, 2.45) is 0 Å². The molecule has 0 radical (unpaired) electrons. The van der Waals surface area contributed by atoms with Crippen LogP contribution < -0.4 is 20.3 Å². The first-order valence-corrected chi connectivity index (χ1v) is 8.39. The van der Waals surface area contributed by atoms with Crippen molar-refractivity contribution in [3.63, 3.8) is 0 Å². The minimum Gasteiger partial charge on any atom is -0.484 e. The highest BCUT2D eigenvalue weighted by Gasteiger charge is 2.07. The second kappa shape index (κ2) is 9.08. The summed E-state index contributed by atoms with van der Waals surface area (Å²) in [7, 11) is 0. The molecule has 0 aromatic heterocycles. The molecule has 0 atom stereocenters. The molecule has 2 aromatic rings. The van der Waals surface area contributed by atoms with Gasteiger partial charge in [-0.05, 0) is 49.7 Å². The third-order valence-electron chi connectivity index (χ3n) is 3.21. The van der Waals surface area contributed by atoms with E-state index in [9.17, 15) is 9.59 Å². The van der Waals surface area contributed by atoms with Gasteiger partial charge in [0.15, 0.2) is 13.2 Å². The van der Waals surface area contributed by atoms with Crippen molar-refractivity contribution in [2.45, 2.75) is 13.8 Å². The van der Waals surface area contributed by atoms with E-state index in [1.165, 1.54) is 0 Å². The van der Waals surface area contributed by atoms with Crippen molar-refractivity contribution in [3.05, 3.63) is 58.1 Å². The molecule has 2 rings (SSSR count). The molecule has 0 aliphatic heterocycles. The van der Waals surface area contributed by atoms with Gasteiger partial charge in [0.05, 0.1) is 0 Å². The Morgan fingerprint density at radius 3 is 2.12 bits per heavy atom. The van der Waals surface area contributed by atoms with Gasteiger partial charge in [0.2, 0.25) is 0 Å². The Morgan fingerprint density at radius 1 is 0.920 bits per heavy atom. The summed E-state index contributed by atoms with van der Waals surface area (Å²) in [6.45, 7) is 3.48. The number of nitrogens with one attached hydrogen (secondary N) is 2. The summed E-state index contributed by atoms with van der Waals surface area (Å²) in [5.41, 5.74) is 6.61. The fourth-order valence-corrected chi connectivity index (χ4v) is 2.26. The number of aryl methyl sites for hydroxylation is 2. The number of ether oxygens (including phenoxy) is 2. The summed E-state index contributed by atoms with van der Waals surface area (Å²) >= 11 is 3.31. The molecule has 2 N–H and O–H groups in total. The van der Waals surface area contributed by atoms with Gasteiger partial charge in [-0.1, -0.05) is 33.6 Å². The molecule has 0 saturated heterocycles. The Kier molecular flexibility index (Phi) is 6.82. The number of benzene rings is 2. The topological polar surface area (TPSA) is 76.7 Å². The molecule has 0 aliphatic rings. The van der Waals surface area contributed by atoms with E-state index in [1.54, 1.807) is 24.3 Å². The van der Waals surface area contributed by atoms with Gasteiger partial charge in [-0.15, -0.1) is 0 Å². The predicted octanol–water partition coefficient (Wildman–Crippen LogP) is 2.67. The van der Waals surface area contributed by atoms with Gasteiger partial charge in [0.1, 0.15) is 11.5 Å². The number of carbonyl (C=O) groups excluding carboxylic acids is 2. The number of rotatable bonds is 6. The minimum atomic E-state index is -0.470. The molecule has 2 amide bonds. The zero-order chi connectivity index (χ0) is 18.2. The predicted molar refractivity (Wildman–Crippen MR) is 97.3 cm³/mol. The van der Waals surface area contributed by atoms with Crippen LogP contribution in [0.4, 0.5) is 0 Å². The van der Waals surface area contributed by atoms with Crippen LogP contribution in [-0.2, 0) is 9.59 Å². The highest BCUT2D eigenvalue weighted by Crippen LogP contribution is 2.18. The maximum atomic E-state index is 11.7. The van der Waals surface area contributed by atoms with Crippen LogP contribution >= 0.6 is 15.9 Å². The zero-order valence-corrected chi connectivity index (χ0v) is 15.6. The van der Waals surface area contributed by atoms with Gasteiger partial charge in [0.25, 0.3) is 11.8 Å². The van der Waals surface area contributed by atoms with Crippen molar-refractivity contribution >= 4 is 27.7 Å². The number of amides is 2. The first-order chi connectivity index (χ1) is 11.9. The van der Waals surface area contributed by atoms with Crippen LogP contribution in [0.25, 0.3) is 0 Å². The Balaban J connectivity index is 1.68. The van der Waals surface area contributed by atoms with Crippen LogP contribution in [0.15, 0.2) is 46.9 Å². The lowest BCUT2D eigenvalue weighted by Crippen LogP contribution is -2.45. The summed E-state index contributed by atoms with van der Waals surface area (Å²) in [6.07, 6.45) is 0. The van der Waals surface area contributed by atoms with E-state index in [1.807, 2.05) is 32.0 Å². The molecule has 132 valence electrons. The third-order valence-corrected chi connectivity index (χ3v) is 3.74. The highest BCUT2D eigenvalue weighted by molar-refractivity contribution is 9.10. The molecular formula is C18H19BrN2O4. The van der Waals surface area contributed by atoms with Crippen LogP contribution in [0.1, 0.15) is 11.1 Å². The summed E-state index contributed by atoms with van der Waals surface area (Å²) in [5.74, 6) is 0.258. The largest absolute Gasteiger partial charge is 0.484 e. The molecule has 0 aliphatic carbocycles. The molecule has 0 unspecified atom stereocenters. The SMILES string of the molecule is Cc1ccc(OCC(=O)NNC(=O)COc2ccc(Br)cc2)c(C)c1. The Labute approximate surface area is 154 Å². The summed E-state index contributed by atoms with van der Waals surface area (Å²) in [6, 6.07) is 12.7. The number of hydrogen-bond donors (Lipinski definition) is 2. The van der Waals surface area contributed by atoms with Gasteiger partial charge >= 0.3 is 0 Å². The third kappa shape index (κ3) is 6.46. The van der Waals surface area contributed by atoms with E-state index in [0.29, 0.717) is 11.5 Å². The van der Waals surface area contributed by atoms with Gasteiger partial charge in [-0.25, -0.2) is 0 Å². The normalized spacial score (nSPS) is 10.0. The van der Waals surface area contributed by atoms with Crippen LogP contribution in [0.3, 0.4) is 0 Å². The monoisotopic (exact) mass is 406 g/mol. The maximum absolute atomic E-state index is 11.7. The number of hydrogen-bond acceptors (Lipinski definition) is 4. The van der Waals surface area contributed by atoms with Crippen LogP contribution in [0.5, 0.6) is 11.5 Å². The zero-order valence-electron chi connectivity index (χ0n) is 14.0. The molecule has 6 nitrogen and oxygen atoms in total.